The SMILES string of the molecule is C[C@@H]1CC(c2cc(NC(=O)C3CC3)nc3[nH]ccc23)=CCN1C(=O)CC#N. The zero-order valence-corrected chi connectivity index (χ0v) is 15.2. The molecule has 7 heteroatoms. The highest BCUT2D eigenvalue weighted by Gasteiger charge is 2.30. The summed E-state index contributed by atoms with van der Waals surface area (Å²) < 4.78 is 0. The van der Waals surface area contributed by atoms with Crippen LogP contribution in [0.15, 0.2) is 24.4 Å². The smallest absolute Gasteiger partial charge is 0.237 e. The first kappa shape index (κ1) is 17.3. The van der Waals surface area contributed by atoms with Crippen LogP contribution in [0.25, 0.3) is 16.6 Å². The average molecular weight is 363 g/mol. The lowest BCUT2D eigenvalue weighted by Crippen LogP contribution is -2.40. The number of carbonyl (C=O) groups excluding carboxylic acids is 2. The summed E-state index contributed by atoms with van der Waals surface area (Å²) in [5.41, 5.74) is 2.87. The largest absolute Gasteiger partial charge is 0.346 e. The van der Waals surface area contributed by atoms with Gasteiger partial charge in [-0.3, -0.25) is 9.59 Å². The molecule has 2 aromatic rings. The summed E-state index contributed by atoms with van der Waals surface area (Å²) in [6.45, 7) is 2.47. The molecule has 7 nitrogen and oxygen atoms in total. The van der Waals surface area contributed by atoms with E-state index >= 15 is 0 Å². The Morgan fingerprint density at radius 3 is 2.96 bits per heavy atom. The quantitative estimate of drug-likeness (QED) is 0.872. The van der Waals surface area contributed by atoms with E-state index in [2.05, 4.69) is 15.3 Å². The predicted molar refractivity (Wildman–Crippen MR) is 101 cm³/mol. The molecule has 0 bridgehead atoms. The molecule has 0 spiro atoms. The molecule has 0 radical (unpaired) electrons. The Morgan fingerprint density at radius 2 is 2.26 bits per heavy atom. The predicted octanol–water partition coefficient (Wildman–Crippen LogP) is 2.83. The van der Waals surface area contributed by atoms with Crippen molar-refractivity contribution in [3.8, 4) is 6.07 Å². The first-order chi connectivity index (χ1) is 13.1. The number of nitrogens with zero attached hydrogens (tertiary/aromatic N) is 3. The Morgan fingerprint density at radius 1 is 1.44 bits per heavy atom. The number of anilines is 1. The van der Waals surface area contributed by atoms with Crippen molar-refractivity contribution < 1.29 is 9.59 Å². The number of nitrogens with one attached hydrogen (secondary N) is 2. The first-order valence-corrected chi connectivity index (χ1v) is 9.21. The van der Waals surface area contributed by atoms with E-state index in [0.717, 1.165) is 35.0 Å². The molecule has 2 aromatic heterocycles. The van der Waals surface area contributed by atoms with Gasteiger partial charge in [-0.1, -0.05) is 6.08 Å². The zero-order chi connectivity index (χ0) is 19.0. The molecule has 1 fully saturated rings. The number of amides is 2. The van der Waals surface area contributed by atoms with Crippen LogP contribution in [0.2, 0.25) is 0 Å². The highest BCUT2D eigenvalue weighted by molar-refractivity contribution is 5.97. The number of nitriles is 1. The van der Waals surface area contributed by atoms with Crippen LogP contribution in [0.1, 0.15) is 38.2 Å². The van der Waals surface area contributed by atoms with Gasteiger partial charge < -0.3 is 15.2 Å². The molecular weight excluding hydrogens is 342 g/mol. The number of carbonyl (C=O) groups is 2. The molecule has 4 rings (SSSR count). The van der Waals surface area contributed by atoms with Gasteiger partial charge in [-0.2, -0.15) is 5.26 Å². The standard InChI is InChI=1S/C20H21N5O2/c1-12-10-14(6-9-25(12)18(26)4-7-21)16-11-17(24-20(27)13-2-3-13)23-19-15(16)5-8-22-19/h5-6,8,11-13H,2-4,9-10H2,1H3,(H2,22,23,24,27)/t12-/m1/s1. The topological polar surface area (TPSA) is 102 Å². The minimum absolute atomic E-state index is 0.0116. The first-order valence-electron chi connectivity index (χ1n) is 9.21. The highest BCUT2D eigenvalue weighted by atomic mass is 16.2. The summed E-state index contributed by atoms with van der Waals surface area (Å²) in [4.78, 5) is 33.6. The van der Waals surface area contributed by atoms with Gasteiger partial charge in [-0.25, -0.2) is 4.98 Å². The van der Waals surface area contributed by atoms with Crippen LogP contribution in [-0.4, -0.2) is 39.3 Å². The number of aromatic nitrogens is 2. The number of pyridine rings is 1. The van der Waals surface area contributed by atoms with Gasteiger partial charge in [0.2, 0.25) is 11.8 Å². The van der Waals surface area contributed by atoms with E-state index in [1.165, 1.54) is 0 Å². The Hall–Kier alpha value is -3.14. The summed E-state index contributed by atoms with van der Waals surface area (Å²) in [5.74, 6) is 0.550. The fourth-order valence-corrected chi connectivity index (χ4v) is 3.58. The molecule has 1 atom stereocenters. The molecule has 2 N–H and O–H groups in total. The second kappa shape index (κ2) is 6.88. The summed E-state index contributed by atoms with van der Waals surface area (Å²) in [6, 6.07) is 5.83. The number of fused-ring (bicyclic) bond motifs is 1. The molecule has 27 heavy (non-hydrogen) atoms. The molecular formula is C20H21N5O2. The third-order valence-electron chi connectivity index (χ3n) is 5.21. The van der Waals surface area contributed by atoms with Crippen molar-refractivity contribution >= 4 is 34.2 Å². The van der Waals surface area contributed by atoms with E-state index in [1.54, 1.807) is 4.90 Å². The molecule has 1 saturated carbocycles. The van der Waals surface area contributed by atoms with Crippen molar-refractivity contribution in [3.63, 3.8) is 0 Å². The molecule has 1 aliphatic carbocycles. The lowest BCUT2D eigenvalue weighted by atomic mass is 9.93. The fraction of sp³-hybridized carbons (Fsp3) is 0.400. The average Bonchev–Trinajstić information content (AvgIpc) is 3.39. The molecule has 1 aliphatic heterocycles. The van der Waals surface area contributed by atoms with Gasteiger partial charge in [-0.05, 0) is 49.5 Å². The third-order valence-corrected chi connectivity index (χ3v) is 5.21. The van der Waals surface area contributed by atoms with Crippen LogP contribution in [0.5, 0.6) is 0 Å². The van der Waals surface area contributed by atoms with Gasteiger partial charge in [-0.15, -0.1) is 0 Å². The summed E-state index contributed by atoms with van der Waals surface area (Å²) in [7, 11) is 0. The normalized spacial score (nSPS) is 19.5. The van der Waals surface area contributed by atoms with Gasteiger partial charge in [0.1, 0.15) is 17.9 Å². The van der Waals surface area contributed by atoms with Crippen molar-refractivity contribution in [1.29, 1.82) is 5.26 Å². The van der Waals surface area contributed by atoms with Gasteiger partial charge in [0, 0.05) is 30.1 Å². The van der Waals surface area contributed by atoms with E-state index < -0.39 is 0 Å². The van der Waals surface area contributed by atoms with E-state index in [4.69, 9.17) is 5.26 Å². The van der Waals surface area contributed by atoms with Crippen molar-refractivity contribution in [1.82, 2.24) is 14.9 Å². The van der Waals surface area contributed by atoms with E-state index in [-0.39, 0.29) is 30.2 Å². The molecule has 0 saturated heterocycles. The molecule has 2 amide bonds. The Balaban J connectivity index is 1.64. The summed E-state index contributed by atoms with van der Waals surface area (Å²) in [5, 5.41) is 12.7. The van der Waals surface area contributed by atoms with Crippen LogP contribution in [0, 0.1) is 17.2 Å². The molecule has 2 aliphatic rings. The molecule has 0 aromatic carbocycles. The minimum atomic E-state index is -0.140. The van der Waals surface area contributed by atoms with Crippen molar-refractivity contribution in [2.45, 2.75) is 38.6 Å². The van der Waals surface area contributed by atoms with Crippen LogP contribution in [0.3, 0.4) is 0 Å². The van der Waals surface area contributed by atoms with Gasteiger partial charge in [0.25, 0.3) is 0 Å². The van der Waals surface area contributed by atoms with E-state index in [1.807, 2.05) is 37.4 Å². The van der Waals surface area contributed by atoms with Gasteiger partial charge >= 0.3 is 0 Å². The number of H-pyrrole nitrogens is 1. The van der Waals surface area contributed by atoms with Crippen molar-refractivity contribution in [3.05, 3.63) is 30.0 Å². The second-order valence-electron chi connectivity index (χ2n) is 7.22. The monoisotopic (exact) mass is 363 g/mol. The maximum Gasteiger partial charge on any atom is 0.237 e. The summed E-state index contributed by atoms with van der Waals surface area (Å²) >= 11 is 0. The zero-order valence-electron chi connectivity index (χ0n) is 15.2. The van der Waals surface area contributed by atoms with E-state index in [9.17, 15) is 9.59 Å². The number of hydrogen-bond donors (Lipinski definition) is 2. The van der Waals surface area contributed by atoms with Gasteiger partial charge in [0.05, 0.1) is 6.07 Å². The number of aromatic amines is 1. The minimum Gasteiger partial charge on any atom is -0.346 e. The van der Waals surface area contributed by atoms with E-state index in [0.29, 0.717) is 18.8 Å². The lowest BCUT2D eigenvalue weighted by Gasteiger charge is -2.33. The van der Waals surface area contributed by atoms with Crippen LogP contribution in [0.4, 0.5) is 5.82 Å². The maximum absolute atomic E-state index is 12.1. The molecule has 3 heterocycles. The molecule has 138 valence electrons. The van der Waals surface area contributed by atoms with Gasteiger partial charge in [0.15, 0.2) is 0 Å². The van der Waals surface area contributed by atoms with Crippen molar-refractivity contribution in [2.75, 3.05) is 11.9 Å². The van der Waals surface area contributed by atoms with Crippen LogP contribution < -0.4 is 5.32 Å². The van der Waals surface area contributed by atoms with Crippen molar-refractivity contribution in [2.24, 2.45) is 5.92 Å². The number of hydrogen-bond acceptors (Lipinski definition) is 4. The molecule has 0 unspecified atom stereocenters. The number of rotatable bonds is 4. The van der Waals surface area contributed by atoms with Crippen LogP contribution in [-0.2, 0) is 9.59 Å². The summed E-state index contributed by atoms with van der Waals surface area (Å²) in [6.07, 6.45) is 6.35. The Kier molecular flexibility index (Phi) is 4.40. The Labute approximate surface area is 157 Å². The Bertz CT molecular complexity index is 980. The van der Waals surface area contributed by atoms with Crippen LogP contribution >= 0.6 is 0 Å². The maximum atomic E-state index is 12.1. The third kappa shape index (κ3) is 3.43. The highest BCUT2D eigenvalue weighted by Crippen LogP contribution is 2.34. The second-order valence-corrected chi connectivity index (χ2v) is 7.22. The fourth-order valence-electron chi connectivity index (χ4n) is 3.58. The lowest BCUT2D eigenvalue weighted by molar-refractivity contribution is -0.131.